The van der Waals surface area contributed by atoms with Gasteiger partial charge in [-0.3, -0.25) is 4.79 Å². The van der Waals surface area contributed by atoms with E-state index in [9.17, 15) is 4.79 Å². The predicted octanol–water partition coefficient (Wildman–Crippen LogP) is 3.45. The van der Waals surface area contributed by atoms with Crippen molar-refractivity contribution in [2.45, 2.75) is 44.4 Å². The van der Waals surface area contributed by atoms with E-state index >= 15 is 0 Å². The molecule has 1 saturated carbocycles. The van der Waals surface area contributed by atoms with Gasteiger partial charge in [0.25, 0.3) is 0 Å². The quantitative estimate of drug-likeness (QED) is 0.841. The number of carbonyl (C=O) groups is 1. The fourth-order valence-corrected chi connectivity index (χ4v) is 2.96. The highest BCUT2D eigenvalue weighted by molar-refractivity contribution is 6.20. The first-order valence-electron chi connectivity index (χ1n) is 7.11. The largest absolute Gasteiger partial charge is 0.355 e. The molecule has 1 aromatic carbocycles. The summed E-state index contributed by atoms with van der Waals surface area (Å²) in [7, 11) is 0. The Balaban J connectivity index is 1.76. The van der Waals surface area contributed by atoms with E-state index in [1.807, 2.05) is 31.2 Å². The molecule has 0 bridgehead atoms. The molecular formula is C16H22ClNO. The van der Waals surface area contributed by atoms with Crippen LogP contribution in [0, 0.1) is 12.8 Å². The third-order valence-corrected chi connectivity index (χ3v) is 4.44. The van der Waals surface area contributed by atoms with E-state index in [1.165, 1.54) is 18.4 Å². The van der Waals surface area contributed by atoms with Crippen LogP contribution in [0.2, 0.25) is 0 Å². The first-order valence-corrected chi connectivity index (χ1v) is 7.55. The van der Waals surface area contributed by atoms with Gasteiger partial charge in [-0.2, -0.15) is 0 Å². The zero-order chi connectivity index (χ0) is 13.7. The number of nitrogens with one attached hydrogen (secondary N) is 1. The van der Waals surface area contributed by atoms with Crippen molar-refractivity contribution < 1.29 is 4.79 Å². The van der Waals surface area contributed by atoms with Gasteiger partial charge in [0, 0.05) is 11.9 Å². The van der Waals surface area contributed by atoms with Gasteiger partial charge in [0.1, 0.15) is 0 Å². The highest BCUT2D eigenvalue weighted by Gasteiger charge is 2.23. The second-order valence-corrected chi connectivity index (χ2v) is 6.09. The number of carbonyl (C=O) groups excluding carboxylic acids is 1. The number of aryl methyl sites for hydroxylation is 1. The highest BCUT2D eigenvalue weighted by atomic mass is 35.5. The summed E-state index contributed by atoms with van der Waals surface area (Å²) < 4.78 is 0. The summed E-state index contributed by atoms with van der Waals surface area (Å²) in [6.07, 6.45) is 5.14. The molecule has 0 spiro atoms. The minimum absolute atomic E-state index is 0.0956. The fraction of sp³-hybridized carbons (Fsp3) is 0.562. The molecule has 104 valence electrons. The second-order valence-electron chi connectivity index (χ2n) is 5.53. The third kappa shape index (κ3) is 4.54. The topological polar surface area (TPSA) is 29.1 Å². The van der Waals surface area contributed by atoms with Gasteiger partial charge in [0.05, 0.1) is 6.42 Å². The van der Waals surface area contributed by atoms with Crippen molar-refractivity contribution in [1.29, 1.82) is 0 Å². The van der Waals surface area contributed by atoms with Gasteiger partial charge >= 0.3 is 0 Å². The van der Waals surface area contributed by atoms with Crippen molar-refractivity contribution >= 4 is 17.5 Å². The van der Waals surface area contributed by atoms with Crippen molar-refractivity contribution in [3.63, 3.8) is 0 Å². The van der Waals surface area contributed by atoms with E-state index < -0.39 is 0 Å². The van der Waals surface area contributed by atoms with Crippen molar-refractivity contribution in [2.24, 2.45) is 5.92 Å². The molecule has 2 rings (SSSR count). The van der Waals surface area contributed by atoms with E-state index in [-0.39, 0.29) is 11.3 Å². The lowest BCUT2D eigenvalue weighted by Gasteiger charge is -2.27. The van der Waals surface area contributed by atoms with Crippen LogP contribution in [0.25, 0.3) is 0 Å². The van der Waals surface area contributed by atoms with Crippen LogP contribution in [0.3, 0.4) is 0 Å². The van der Waals surface area contributed by atoms with Crippen LogP contribution in [0.15, 0.2) is 24.3 Å². The zero-order valence-corrected chi connectivity index (χ0v) is 12.2. The number of hydrogen-bond donors (Lipinski definition) is 1. The Morgan fingerprint density at radius 1 is 1.26 bits per heavy atom. The minimum atomic E-state index is 0.0956. The second kappa shape index (κ2) is 6.95. The molecule has 1 aromatic rings. The van der Waals surface area contributed by atoms with Crippen molar-refractivity contribution in [3.05, 3.63) is 35.4 Å². The van der Waals surface area contributed by atoms with Crippen LogP contribution in [-0.4, -0.2) is 17.8 Å². The van der Waals surface area contributed by atoms with Crippen molar-refractivity contribution in [1.82, 2.24) is 5.32 Å². The number of hydrogen-bond acceptors (Lipinski definition) is 1. The monoisotopic (exact) mass is 279 g/mol. The van der Waals surface area contributed by atoms with Crippen LogP contribution in [0.4, 0.5) is 0 Å². The molecule has 0 aromatic heterocycles. The fourth-order valence-electron chi connectivity index (χ4n) is 2.59. The highest BCUT2D eigenvalue weighted by Crippen LogP contribution is 2.27. The Bertz CT molecular complexity index is 415. The Kier molecular flexibility index (Phi) is 5.26. The van der Waals surface area contributed by atoms with E-state index in [0.29, 0.717) is 12.3 Å². The molecule has 1 amide bonds. The van der Waals surface area contributed by atoms with E-state index in [2.05, 4.69) is 5.32 Å². The van der Waals surface area contributed by atoms with Gasteiger partial charge in [0.15, 0.2) is 0 Å². The Morgan fingerprint density at radius 2 is 1.95 bits per heavy atom. The molecule has 0 radical (unpaired) electrons. The summed E-state index contributed by atoms with van der Waals surface area (Å²) in [5.74, 6) is 0.538. The molecule has 2 atom stereocenters. The molecule has 1 aliphatic rings. The Hall–Kier alpha value is -1.02. The maximum absolute atomic E-state index is 11.9. The summed E-state index contributed by atoms with van der Waals surface area (Å²) in [4.78, 5) is 11.9. The lowest BCUT2D eigenvalue weighted by molar-refractivity contribution is -0.120. The number of rotatable bonds is 4. The Morgan fingerprint density at radius 3 is 2.63 bits per heavy atom. The molecule has 2 unspecified atom stereocenters. The number of halogens is 1. The lowest BCUT2D eigenvalue weighted by Crippen LogP contribution is -2.35. The summed E-state index contributed by atoms with van der Waals surface area (Å²) in [6, 6.07) is 8.11. The maximum Gasteiger partial charge on any atom is 0.224 e. The Labute approximate surface area is 120 Å². The van der Waals surface area contributed by atoms with Crippen LogP contribution in [0.5, 0.6) is 0 Å². The molecule has 0 aliphatic heterocycles. The van der Waals surface area contributed by atoms with Gasteiger partial charge in [-0.1, -0.05) is 42.7 Å². The van der Waals surface area contributed by atoms with Gasteiger partial charge < -0.3 is 5.32 Å². The molecule has 1 fully saturated rings. The molecule has 1 aliphatic carbocycles. The number of amides is 1. The maximum atomic E-state index is 11.9. The summed E-state index contributed by atoms with van der Waals surface area (Å²) >= 11 is 6.29. The normalized spacial score (nSPS) is 23.1. The molecule has 19 heavy (non-hydrogen) atoms. The number of benzene rings is 1. The van der Waals surface area contributed by atoms with Crippen molar-refractivity contribution in [2.75, 3.05) is 6.54 Å². The average molecular weight is 280 g/mol. The minimum Gasteiger partial charge on any atom is -0.355 e. The van der Waals surface area contributed by atoms with Gasteiger partial charge in [0.2, 0.25) is 5.91 Å². The summed E-state index contributed by atoms with van der Waals surface area (Å²) in [5, 5.41) is 3.25. The van der Waals surface area contributed by atoms with Gasteiger partial charge in [-0.25, -0.2) is 0 Å². The van der Waals surface area contributed by atoms with E-state index in [1.54, 1.807) is 0 Å². The molecule has 1 N–H and O–H groups in total. The van der Waals surface area contributed by atoms with Crippen LogP contribution in [-0.2, 0) is 11.2 Å². The molecule has 0 saturated heterocycles. The molecule has 3 heteroatoms. The van der Waals surface area contributed by atoms with Crippen LogP contribution >= 0.6 is 11.6 Å². The molecule has 2 nitrogen and oxygen atoms in total. The smallest absolute Gasteiger partial charge is 0.224 e. The van der Waals surface area contributed by atoms with E-state index in [0.717, 1.165) is 24.9 Å². The standard InChI is InChI=1S/C16H22ClNO/c1-12-6-8-13(9-7-12)10-16(19)18-11-14-4-2-3-5-15(14)17/h6-9,14-15H,2-5,10-11H2,1H3,(H,18,19). The first kappa shape index (κ1) is 14.4. The third-order valence-electron chi connectivity index (χ3n) is 3.86. The van der Waals surface area contributed by atoms with E-state index in [4.69, 9.17) is 11.6 Å². The number of alkyl halides is 1. The van der Waals surface area contributed by atoms with Crippen LogP contribution in [0.1, 0.15) is 36.8 Å². The first-order chi connectivity index (χ1) is 9.15. The van der Waals surface area contributed by atoms with Crippen molar-refractivity contribution in [3.8, 4) is 0 Å². The SMILES string of the molecule is Cc1ccc(CC(=O)NCC2CCCCC2Cl)cc1. The van der Waals surface area contributed by atoms with Gasteiger partial charge in [-0.15, -0.1) is 11.6 Å². The van der Waals surface area contributed by atoms with Crippen LogP contribution < -0.4 is 5.32 Å². The predicted molar refractivity (Wildman–Crippen MR) is 79.5 cm³/mol. The summed E-state index contributed by atoms with van der Waals surface area (Å²) in [5.41, 5.74) is 2.28. The molecule has 0 heterocycles. The summed E-state index contributed by atoms with van der Waals surface area (Å²) in [6.45, 7) is 2.77. The molecular weight excluding hydrogens is 258 g/mol. The zero-order valence-electron chi connectivity index (χ0n) is 11.5. The average Bonchev–Trinajstić information content (AvgIpc) is 2.40. The van der Waals surface area contributed by atoms with Gasteiger partial charge in [-0.05, 0) is 31.2 Å². The lowest BCUT2D eigenvalue weighted by atomic mass is 9.88.